The van der Waals surface area contributed by atoms with Crippen molar-refractivity contribution >= 4 is 5.91 Å². The fraction of sp³-hybridized carbons (Fsp3) is 0.917. The van der Waals surface area contributed by atoms with Crippen molar-refractivity contribution in [3.05, 3.63) is 0 Å². The van der Waals surface area contributed by atoms with Gasteiger partial charge < -0.3 is 15.4 Å². The number of rotatable bonds is 4. The standard InChI is InChI=1S/C12H24N2O2/c1-4-12(2,13)11(15)14-7-5-6-10(8-14)9-16-3/h10H,4-9,13H2,1-3H3. The molecular weight excluding hydrogens is 204 g/mol. The third-order valence-electron chi connectivity index (χ3n) is 3.43. The molecule has 94 valence electrons. The number of hydrogen-bond acceptors (Lipinski definition) is 3. The predicted molar refractivity (Wildman–Crippen MR) is 64.1 cm³/mol. The van der Waals surface area contributed by atoms with E-state index in [-0.39, 0.29) is 5.91 Å². The maximum Gasteiger partial charge on any atom is 0.242 e. The molecule has 4 nitrogen and oxygen atoms in total. The molecule has 1 amide bonds. The van der Waals surface area contributed by atoms with Crippen molar-refractivity contribution in [3.63, 3.8) is 0 Å². The Labute approximate surface area is 98.1 Å². The van der Waals surface area contributed by atoms with E-state index in [0.717, 1.165) is 32.5 Å². The van der Waals surface area contributed by atoms with Crippen molar-refractivity contribution in [1.29, 1.82) is 0 Å². The number of methoxy groups -OCH3 is 1. The molecule has 0 radical (unpaired) electrons. The molecule has 1 saturated heterocycles. The van der Waals surface area contributed by atoms with Crippen LogP contribution in [0.4, 0.5) is 0 Å². The second-order valence-electron chi connectivity index (χ2n) is 4.99. The Balaban J connectivity index is 2.56. The number of carbonyl (C=O) groups excluding carboxylic acids is 1. The quantitative estimate of drug-likeness (QED) is 0.781. The molecule has 0 bridgehead atoms. The molecule has 4 heteroatoms. The van der Waals surface area contributed by atoms with Crippen LogP contribution < -0.4 is 5.73 Å². The number of carbonyl (C=O) groups is 1. The summed E-state index contributed by atoms with van der Waals surface area (Å²) in [6, 6.07) is 0. The van der Waals surface area contributed by atoms with Gasteiger partial charge in [0.15, 0.2) is 0 Å². The van der Waals surface area contributed by atoms with Crippen LogP contribution in [0.15, 0.2) is 0 Å². The summed E-state index contributed by atoms with van der Waals surface area (Å²) in [4.78, 5) is 14.1. The minimum Gasteiger partial charge on any atom is -0.384 e. The summed E-state index contributed by atoms with van der Waals surface area (Å²) >= 11 is 0. The summed E-state index contributed by atoms with van der Waals surface area (Å²) < 4.78 is 5.15. The lowest BCUT2D eigenvalue weighted by Crippen LogP contribution is -2.55. The minimum absolute atomic E-state index is 0.0794. The molecule has 0 spiro atoms. The van der Waals surface area contributed by atoms with Crippen LogP contribution in [0.2, 0.25) is 0 Å². The summed E-state index contributed by atoms with van der Waals surface area (Å²) in [6.07, 6.45) is 2.88. The van der Waals surface area contributed by atoms with Crippen LogP contribution in [0.1, 0.15) is 33.1 Å². The van der Waals surface area contributed by atoms with E-state index in [2.05, 4.69) is 0 Å². The summed E-state index contributed by atoms with van der Waals surface area (Å²) in [6.45, 7) is 6.13. The lowest BCUT2D eigenvalue weighted by molar-refractivity contribution is -0.138. The fourth-order valence-corrected chi connectivity index (χ4v) is 2.13. The van der Waals surface area contributed by atoms with E-state index in [1.54, 1.807) is 7.11 Å². The van der Waals surface area contributed by atoms with Gasteiger partial charge in [-0.05, 0) is 32.1 Å². The molecule has 16 heavy (non-hydrogen) atoms. The first-order valence-electron chi connectivity index (χ1n) is 6.08. The lowest BCUT2D eigenvalue weighted by Gasteiger charge is -2.37. The number of likely N-dealkylation sites (tertiary alicyclic amines) is 1. The number of nitrogens with zero attached hydrogens (tertiary/aromatic N) is 1. The Bertz CT molecular complexity index is 239. The first-order chi connectivity index (χ1) is 7.51. The van der Waals surface area contributed by atoms with Crippen LogP contribution in [0, 0.1) is 5.92 Å². The second kappa shape index (κ2) is 5.64. The van der Waals surface area contributed by atoms with Crippen LogP contribution in [-0.2, 0) is 9.53 Å². The van der Waals surface area contributed by atoms with Crippen molar-refractivity contribution < 1.29 is 9.53 Å². The Morgan fingerprint density at radius 1 is 1.62 bits per heavy atom. The SMILES string of the molecule is CCC(C)(N)C(=O)N1CCCC(COC)C1. The van der Waals surface area contributed by atoms with Crippen LogP contribution >= 0.6 is 0 Å². The average Bonchev–Trinajstić information content (AvgIpc) is 2.29. The first kappa shape index (κ1) is 13.5. The summed E-state index contributed by atoms with van der Waals surface area (Å²) in [7, 11) is 1.71. The summed E-state index contributed by atoms with van der Waals surface area (Å²) in [5.41, 5.74) is 5.27. The Morgan fingerprint density at radius 3 is 2.88 bits per heavy atom. The third kappa shape index (κ3) is 3.19. The minimum atomic E-state index is -0.713. The van der Waals surface area contributed by atoms with E-state index < -0.39 is 5.54 Å². The van der Waals surface area contributed by atoms with Gasteiger partial charge in [0.05, 0.1) is 12.1 Å². The summed E-state index contributed by atoms with van der Waals surface area (Å²) in [5, 5.41) is 0. The normalized spacial score (nSPS) is 25.2. The van der Waals surface area contributed by atoms with E-state index in [9.17, 15) is 4.79 Å². The van der Waals surface area contributed by atoms with Crippen molar-refractivity contribution in [2.75, 3.05) is 26.8 Å². The Hall–Kier alpha value is -0.610. The van der Waals surface area contributed by atoms with Crippen molar-refractivity contribution in [3.8, 4) is 0 Å². The molecular formula is C12H24N2O2. The fourth-order valence-electron chi connectivity index (χ4n) is 2.13. The molecule has 0 aromatic heterocycles. The average molecular weight is 228 g/mol. The number of hydrogen-bond donors (Lipinski definition) is 1. The smallest absolute Gasteiger partial charge is 0.242 e. The van der Waals surface area contributed by atoms with Crippen molar-refractivity contribution in [2.24, 2.45) is 11.7 Å². The molecule has 1 aliphatic heterocycles. The highest BCUT2D eigenvalue weighted by atomic mass is 16.5. The zero-order chi connectivity index (χ0) is 12.2. The van der Waals surface area contributed by atoms with Gasteiger partial charge in [-0.25, -0.2) is 0 Å². The van der Waals surface area contributed by atoms with Gasteiger partial charge >= 0.3 is 0 Å². The van der Waals surface area contributed by atoms with E-state index >= 15 is 0 Å². The molecule has 2 unspecified atom stereocenters. The molecule has 1 rings (SSSR count). The maximum absolute atomic E-state index is 12.2. The number of amides is 1. The second-order valence-corrected chi connectivity index (χ2v) is 4.99. The number of piperidine rings is 1. The summed E-state index contributed by atoms with van der Waals surface area (Å²) in [5.74, 6) is 0.547. The van der Waals surface area contributed by atoms with Gasteiger partial charge in [0, 0.05) is 20.2 Å². The molecule has 0 aromatic carbocycles. The van der Waals surface area contributed by atoms with Crippen LogP contribution in [-0.4, -0.2) is 43.2 Å². The Kier molecular flexibility index (Phi) is 4.74. The molecule has 1 aliphatic rings. The molecule has 2 N–H and O–H groups in total. The zero-order valence-electron chi connectivity index (χ0n) is 10.7. The van der Waals surface area contributed by atoms with E-state index in [1.165, 1.54) is 0 Å². The largest absolute Gasteiger partial charge is 0.384 e. The molecule has 0 saturated carbocycles. The number of nitrogens with two attached hydrogens (primary N) is 1. The molecule has 0 aliphatic carbocycles. The Morgan fingerprint density at radius 2 is 2.31 bits per heavy atom. The maximum atomic E-state index is 12.2. The van der Waals surface area contributed by atoms with Gasteiger partial charge in [-0.15, -0.1) is 0 Å². The van der Waals surface area contributed by atoms with Crippen molar-refractivity contribution in [2.45, 2.75) is 38.6 Å². The highest BCUT2D eigenvalue weighted by Gasteiger charge is 2.33. The lowest BCUT2D eigenvalue weighted by atomic mass is 9.94. The number of ether oxygens (including phenoxy) is 1. The van der Waals surface area contributed by atoms with Gasteiger partial charge in [0.1, 0.15) is 0 Å². The topological polar surface area (TPSA) is 55.6 Å². The molecule has 0 aromatic rings. The molecule has 1 fully saturated rings. The zero-order valence-corrected chi connectivity index (χ0v) is 10.7. The van der Waals surface area contributed by atoms with Crippen LogP contribution in [0.5, 0.6) is 0 Å². The van der Waals surface area contributed by atoms with Gasteiger partial charge in [0.2, 0.25) is 5.91 Å². The van der Waals surface area contributed by atoms with Gasteiger partial charge in [-0.3, -0.25) is 4.79 Å². The first-order valence-corrected chi connectivity index (χ1v) is 6.08. The molecule has 1 heterocycles. The highest BCUT2D eigenvalue weighted by molar-refractivity contribution is 5.85. The van der Waals surface area contributed by atoms with Gasteiger partial charge in [-0.1, -0.05) is 6.92 Å². The molecule has 2 atom stereocenters. The van der Waals surface area contributed by atoms with Crippen LogP contribution in [0.25, 0.3) is 0 Å². The van der Waals surface area contributed by atoms with Gasteiger partial charge in [0.25, 0.3) is 0 Å². The van der Waals surface area contributed by atoms with E-state index in [4.69, 9.17) is 10.5 Å². The van der Waals surface area contributed by atoms with Crippen molar-refractivity contribution in [1.82, 2.24) is 4.90 Å². The third-order valence-corrected chi connectivity index (χ3v) is 3.43. The highest BCUT2D eigenvalue weighted by Crippen LogP contribution is 2.20. The van der Waals surface area contributed by atoms with E-state index in [0.29, 0.717) is 12.3 Å². The van der Waals surface area contributed by atoms with E-state index in [1.807, 2.05) is 18.7 Å². The predicted octanol–water partition coefficient (Wildman–Crippen LogP) is 0.999. The van der Waals surface area contributed by atoms with Crippen LogP contribution in [0.3, 0.4) is 0 Å². The monoisotopic (exact) mass is 228 g/mol. The van der Waals surface area contributed by atoms with Gasteiger partial charge in [-0.2, -0.15) is 0 Å².